The summed E-state index contributed by atoms with van der Waals surface area (Å²) in [7, 11) is 0. The molecule has 12 rings (SSSR count). The number of aromatic nitrogens is 5. The number of rotatable bonds is 4. The largest absolute Gasteiger partial charge is 0.308 e. The number of hydrogen-bond donors (Lipinski definition) is 0. The maximum absolute atomic E-state index is 5.51. The van der Waals surface area contributed by atoms with Crippen LogP contribution in [0.5, 0.6) is 0 Å². The van der Waals surface area contributed by atoms with Gasteiger partial charge in [0.25, 0.3) is 0 Å². The molecule has 0 spiro atoms. The first-order valence-electron chi connectivity index (χ1n) is 18.5. The fraction of sp³-hybridized carbons (Fsp3) is 0. The highest BCUT2D eigenvalue weighted by atomic mass is 32.1. The Balaban J connectivity index is 1.25. The van der Waals surface area contributed by atoms with Crippen LogP contribution in [0.2, 0.25) is 0 Å². The van der Waals surface area contributed by atoms with Gasteiger partial charge in [0.1, 0.15) is 0 Å². The number of nitrogens with zero attached hydrogens (tertiary/aromatic N) is 5. The van der Waals surface area contributed by atoms with Crippen molar-refractivity contribution in [2.75, 3.05) is 0 Å². The predicted octanol–water partition coefficient (Wildman–Crippen LogP) is 12.9. The van der Waals surface area contributed by atoms with Gasteiger partial charge >= 0.3 is 0 Å². The monoisotopic (exact) mass is 719 g/mol. The van der Waals surface area contributed by atoms with Gasteiger partial charge in [-0.3, -0.25) is 4.57 Å². The molecule has 0 aliphatic rings. The van der Waals surface area contributed by atoms with Crippen LogP contribution < -0.4 is 0 Å². The lowest BCUT2D eigenvalue weighted by Gasteiger charge is -2.16. The van der Waals surface area contributed by atoms with Crippen LogP contribution in [0, 0.1) is 0 Å². The summed E-state index contributed by atoms with van der Waals surface area (Å²) in [5, 5.41) is 9.56. The van der Waals surface area contributed by atoms with Crippen LogP contribution in [0.4, 0.5) is 0 Å². The van der Waals surface area contributed by atoms with Gasteiger partial charge in [0.05, 0.1) is 33.3 Å². The molecule has 55 heavy (non-hydrogen) atoms. The van der Waals surface area contributed by atoms with E-state index in [0.29, 0.717) is 17.6 Å². The molecule has 4 heterocycles. The molecule has 0 aliphatic heterocycles. The van der Waals surface area contributed by atoms with Crippen molar-refractivity contribution >= 4 is 85.9 Å². The lowest BCUT2D eigenvalue weighted by Crippen LogP contribution is -2.08. The van der Waals surface area contributed by atoms with Gasteiger partial charge in [0, 0.05) is 47.3 Å². The first-order chi connectivity index (χ1) is 27.3. The summed E-state index contributed by atoms with van der Waals surface area (Å²) in [6.45, 7) is 0. The van der Waals surface area contributed by atoms with Crippen molar-refractivity contribution in [1.82, 2.24) is 24.1 Å². The van der Waals surface area contributed by atoms with Crippen LogP contribution >= 0.6 is 11.3 Å². The summed E-state index contributed by atoms with van der Waals surface area (Å²) in [5.41, 5.74) is 7.32. The highest BCUT2D eigenvalue weighted by Gasteiger charge is 2.24. The second kappa shape index (κ2) is 11.7. The fourth-order valence-corrected chi connectivity index (χ4v) is 9.77. The first-order valence-corrected chi connectivity index (χ1v) is 19.3. The normalized spacial score (nSPS) is 12.0. The molecule has 0 amide bonds. The van der Waals surface area contributed by atoms with Gasteiger partial charge < -0.3 is 4.57 Å². The predicted molar refractivity (Wildman–Crippen MR) is 230 cm³/mol. The summed E-state index contributed by atoms with van der Waals surface area (Å²) in [4.78, 5) is 16.2. The molecule has 8 aromatic carbocycles. The zero-order chi connectivity index (χ0) is 36.0. The van der Waals surface area contributed by atoms with E-state index in [1.54, 1.807) is 11.3 Å². The SMILES string of the molecule is c1ccc(-c2nc(-c3c(-n4c5ccccc5c5cc6ccccc6cc54)ccc4c3sc3ccccc34)nc(-n3c4ccccc4c4ccccc43)n2)cc1. The van der Waals surface area contributed by atoms with Crippen molar-refractivity contribution < 1.29 is 0 Å². The number of fused-ring (bicyclic) bond motifs is 10. The molecule has 4 aromatic heterocycles. The van der Waals surface area contributed by atoms with E-state index in [1.807, 2.05) is 18.2 Å². The molecule has 6 heteroatoms. The minimum absolute atomic E-state index is 0.582. The summed E-state index contributed by atoms with van der Waals surface area (Å²) >= 11 is 1.80. The lowest BCUT2D eigenvalue weighted by atomic mass is 10.1. The molecule has 0 unspecified atom stereocenters. The number of para-hydroxylation sites is 3. The minimum atomic E-state index is 0.582. The van der Waals surface area contributed by atoms with Crippen LogP contribution in [-0.4, -0.2) is 24.1 Å². The summed E-state index contributed by atoms with van der Waals surface area (Å²) in [6, 6.07) is 62.5. The molecule has 0 aliphatic carbocycles. The summed E-state index contributed by atoms with van der Waals surface area (Å²) < 4.78 is 6.98. The van der Waals surface area contributed by atoms with Crippen LogP contribution in [-0.2, 0) is 0 Å². The van der Waals surface area contributed by atoms with Gasteiger partial charge in [-0.15, -0.1) is 11.3 Å². The maximum atomic E-state index is 5.51. The Hall–Kier alpha value is -7.15. The van der Waals surface area contributed by atoms with E-state index in [0.717, 1.165) is 54.4 Å². The fourth-order valence-electron chi connectivity index (χ4n) is 8.53. The Morgan fingerprint density at radius 1 is 0.382 bits per heavy atom. The third-order valence-electron chi connectivity index (χ3n) is 11.0. The Bertz CT molecular complexity index is 3450. The Labute approximate surface area is 319 Å². The molecular weight excluding hydrogens is 691 g/mol. The van der Waals surface area contributed by atoms with Crippen molar-refractivity contribution in [3.8, 4) is 34.4 Å². The van der Waals surface area contributed by atoms with E-state index >= 15 is 0 Å². The van der Waals surface area contributed by atoms with Crippen molar-refractivity contribution in [2.24, 2.45) is 0 Å². The van der Waals surface area contributed by atoms with Gasteiger partial charge in [-0.05, 0) is 53.2 Å². The Morgan fingerprint density at radius 3 is 1.67 bits per heavy atom. The Kier molecular flexibility index (Phi) is 6.44. The van der Waals surface area contributed by atoms with Crippen molar-refractivity contribution in [2.45, 2.75) is 0 Å². The van der Waals surface area contributed by atoms with E-state index in [1.165, 1.54) is 37.0 Å². The molecular formula is C49H29N5S. The van der Waals surface area contributed by atoms with Crippen LogP contribution in [0.3, 0.4) is 0 Å². The average molecular weight is 720 g/mol. The molecule has 0 fully saturated rings. The van der Waals surface area contributed by atoms with Crippen LogP contribution in [0.25, 0.3) is 109 Å². The molecule has 5 nitrogen and oxygen atoms in total. The molecule has 0 atom stereocenters. The van der Waals surface area contributed by atoms with E-state index in [4.69, 9.17) is 15.0 Å². The summed E-state index contributed by atoms with van der Waals surface area (Å²) in [5.74, 6) is 1.84. The smallest absolute Gasteiger partial charge is 0.238 e. The standard InChI is InChI=1S/C49H29N5S/c1-2-14-30(15-3-1)47-50-48(52-49(51-47)54-40-23-11-6-18-33(40)34-19-7-12-24-41(34)54)45-42(27-26-37-36-21-9-13-25-44(36)55-46(37)45)53-39-22-10-8-20-35(39)38-28-31-16-4-5-17-32(31)29-43(38)53/h1-29H. The zero-order valence-electron chi connectivity index (χ0n) is 29.4. The molecule has 12 aromatic rings. The third kappa shape index (κ3) is 4.49. The van der Waals surface area contributed by atoms with Gasteiger partial charge in [-0.2, -0.15) is 9.97 Å². The number of benzene rings is 8. The minimum Gasteiger partial charge on any atom is -0.308 e. The van der Waals surface area contributed by atoms with Gasteiger partial charge in [-0.1, -0.05) is 133 Å². The van der Waals surface area contributed by atoms with E-state index in [2.05, 4.69) is 167 Å². The number of thiophene rings is 1. The van der Waals surface area contributed by atoms with E-state index in [9.17, 15) is 0 Å². The van der Waals surface area contributed by atoms with Gasteiger partial charge in [0.2, 0.25) is 5.95 Å². The molecule has 0 saturated carbocycles. The lowest BCUT2D eigenvalue weighted by molar-refractivity contribution is 0.953. The maximum Gasteiger partial charge on any atom is 0.238 e. The Morgan fingerprint density at radius 2 is 0.945 bits per heavy atom. The molecule has 0 radical (unpaired) electrons. The topological polar surface area (TPSA) is 48.5 Å². The molecule has 0 N–H and O–H groups in total. The average Bonchev–Trinajstić information content (AvgIpc) is 3.90. The highest BCUT2D eigenvalue weighted by Crippen LogP contribution is 2.45. The number of hydrogen-bond acceptors (Lipinski definition) is 4. The van der Waals surface area contributed by atoms with Crippen molar-refractivity contribution in [1.29, 1.82) is 0 Å². The summed E-state index contributed by atoms with van der Waals surface area (Å²) in [6.07, 6.45) is 0. The molecule has 256 valence electrons. The zero-order valence-corrected chi connectivity index (χ0v) is 30.2. The van der Waals surface area contributed by atoms with Crippen LogP contribution in [0.1, 0.15) is 0 Å². The third-order valence-corrected chi connectivity index (χ3v) is 12.2. The second-order valence-corrected chi connectivity index (χ2v) is 15.1. The first kappa shape index (κ1) is 30.3. The van der Waals surface area contributed by atoms with Crippen LogP contribution in [0.15, 0.2) is 176 Å². The van der Waals surface area contributed by atoms with Crippen molar-refractivity contribution in [3.05, 3.63) is 176 Å². The quantitative estimate of drug-likeness (QED) is 0.182. The highest BCUT2D eigenvalue weighted by molar-refractivity contribution is 7.26. The molecule has 0 saturated heterocycles. The van der Waals surface area contributed by atoms with E-state index < -0.39 is 0 Å². The molecule has 0 bridgehead atoms. The van der Waals surface area contributed by atoms with Gasteiger partial charge in [-0.25, -0.2) is 4.98 Å². The second-order valence-electron chi connectivity index (χ2n) is 14.0. The van der Waals surface area contributed by atoms with Gasteiger partial charge in [0.15, 0.2) is 11.6 Å². The van der Waals surface area contributed by atoms with Crippen molar-refractivity contribution in [3.63, 3.8) is 0 Å². The van der Waals surface area contributed by atoms with E-state index in [-0.39, 0.29) is 0 Å².